The minimum absolute atomic E-state index is 0.181. The molecule has 0 aliphatic carbocycles. The number of halogens is 1. The van der Waals surface area contributed by atoms with Crippen molar-refractivity contribution in [1.82, 2.24) is 9.88 Å². The molecule has 1 aliphatic heterocycles. The summed E-state index contributed by atoms with van der Waals surface area (Å²) >= 11 is 2.15. The van der Waals surface area contributed by atoms with E-state index in [4.69, 9.17) is 4.74 Å². The molecule has 2 N–H and O–H groups in total. The number of fused-ring (bicyclic) bond motifs is 1. The van der Waals surface area contributed by atoms with E-state index in [1.54, 1.807) is 11.0 Å². The number of amides is 1. The van der Waals surface area contributed by atoms with Gasteiger partial charge in [-0.15, -0.1) is 0 Å². The average Bonchev–Trinajstić information content (AvgIpc) is 2.93. The van der Waals surface area contributed by atoms with Gasteiger partial charge in [0.2, 0.25) is 0 Å². The van der Waals surface area contributed by atoms with E-state index in [1.807, 2.05) is 19.2 Å². The minimum atomic E-state index is -0.952. The minimum Gasteiger partial charge on any atom is -0.478 e. The van der Waals surface area contributed by atoms with Crippen LogP contribution in [0.2, 0.25) is 0 Å². The number of carboxylic acids is 1. The number of hydrogen-bond acceptors (Lipinski definition) is 4. The average molecular weight is 471 g/mol. The Morgan fingerprint density at radius 3 is 2.81 bits per heavy atom. The number of likely N-dealkylation sites (tertiary alicyclic amines) is 1. The van der Waals surface area contributed by atoms with Gasteiger partial charge in [0.25, 0.3) is 0 Å². The van der Waals surface area contributed by atoms with Gasteiger partial charge in [0, 0.05) is 31.2 Å². The second kappa shape index (κ2) is 7.73. The molecule has 1 aromatic carbocycles. The van der Waals surface area contributed by atoms with Crippen molar-refractivity contribution in [2.24, 2.45) is 0 Å². The van der Waals surface area contributed by atoms with Gasteiger partial charge >= 0.3 is 12.1 Å². The molecule has 0 atom stereocenters. The fourth-order valence-electron chi connectivity index (χ4n) is 3.10. The largest absolute Gasteiger partial charge is 0.478 e. The Balaban J connectivity index is 1.72. The maximum atomic E-state index is 12.0. The Morgan fingerprint density at radius 2 is 2.15 bits per heavy atom. The summed E-state index contributed by atoms with van der Waals surface area (Å²) in [4.78, 5) is 30.3. The Kier molecular flexibility index (Phi) is 5.59. The summed E-state index contributed by atoms with van der Waals surface area (Å²) in [6, 6.07) is 5.58. The molecule has 0 radical (unpaired) electrons. The first kappa shape index (κ1) is 18.8. The molecular formula is C18H22IN3O4. The summed E-state index contributed by atoms with van der Waals surface area (Å²) in [5.74, 6) is -0.952. The lowest BCUT2D eigenvalue weighted by molar-refractivity contribution is 0.0693. The zero-order valence-corrected chi connectivity index (χ0v) is 16.9. The van der Waals surface area contributed by atoms with E-state index in [1.165, 1.54) is 0 Å². The molecule has 26 heavy (non-hydrogen) atoms. The highest BCUT2D eigenvalue weighted by atomic mass is 127. The molecule has 3 rings (SSSR count). The third-order valence-corrected chi connectivity index (χ3v) is 5.32. The second-order valence-electron chi connectivity index (χ2n) is 6.48. The van der Waals surface area contributed by atoms with Crippen LogP contribution in [-0.4, -0.2) is 59.8 Å². The van der Waals surface area contributed by atoms with Gasteiger partial charge in [0.05, 0.1) is 27.4 Å². The molecule has 2 aromatic rings. The summed E-state index contributed by atoms with van der Waals surface area (Å²) < 4.78 is 6.12. The quantitative estimate of drug-likeness (QED) is 0.498. The van der Waals surface area contributed by atoms with Crippen LogP contribution >= 0.6 is 22.6 Å². The summed E-state index contributed by atoms with van der Waals surface area (Å²) in [5.41, 5.74) is 1.84. The molecule has 0 saturated carbocycles. The van der Waals surface area contributed by atoms with Crippen LogP contribution in [0.15, 0.2) is 18.2 Å². The van der Waals surface area contributed by atoms with Crippen molar-refractivity contribution in [3.63, 3.8) is 0 Å². The SMILES string of the molecule is CCCCOC(=O)N1CC(N(C)c2ccc(C(=O)O)c3[nH]c(I)cc23)C1. The number of carboxylic acid groups (broad SMARTS) is 1. The maximum Gasteiger partial charge on any atom is 0.409 e. The number of aromatic amines is 1. The zero-order chi connectivity index (χ0) is 18.8. The number of H-pyrrole nitrogens is 1. The number of ether oxygens (including phenoxy) is 1. The van der Waals surface area contributed by atoms with Gasteiger partial charge in [-0.3, -0.25) is 0 Å². The van der Waals surface area contributed by atoms with Crippen LogP contribution in [0.3, 0.4) is 0 Å². The topological polar surface area (TPSA) is 85.9 Å². The predicted molar refractivity (Wildman–Crippen MR) is 108 cm³/mol. The third kappa shape index (κ3) is 3.60. The molecule has 1 aromatic heterocycles. The fraction of sp³-hybridized carbons (Fsp3) is 0.444. The van der Waals surface area contributed by atoms with E-state index in [9.17, 15) is 14.7 Å². The number of nitrogens with zero attached hydrogens (tertiary/aromatic N) is 2. The first-order valence-corrected chi connectivity index (χ1v) is 9.69. The summed E-state index contributed by atoms with van der Waals surface area (Å²) in [6.07, 6.45) is 1.62. The molecule has 1 aliphatic rings. The van der Waals surface area contributed by atoms with Crippen LogP contribution < -0.4 is 4.90 Å². The number of unbranched alkanes of at least 4 members (excludes halogenated alkanes) is 1. The van der Waals surface area contributed by atoms with Gasteiger partial charge in [-0.1, -0.05) is 13.3 Å². The van der Waals surface area contributed by atoms with Gasteiger partial charge in [-0.05, 0) is 47.2 Å². The van der Waals surface area contributed by atoms with Crippen LogP contribution in [0, 0.1) is 3.70 Å². The first-order chi connectivity index (χ1) is 12.4. The lowest BCUT2D eigenvalue weighted by atomic mass is 10.0. The number of carbonyl (C=O) groups is 2. The number of carbonyl (C=O) groups excluding carboxylic acids is 1. The maximum absolute atomic E-state index is 12.0. The normalized spacial score (nSPS) is 14.3. The number of aromatic carboxylic acids is 1. The second-order valence-corrected chi connectivity index (χ2v) is 7.64. The number of likely N-dealkylation sites (N-methyl/N-ethyl adjacent to an activating group) is 1. The van der Waals surface area contributed by atoms with Gasteiger partial charge in [-0.2, -0.15) is 0 Å². The van der Waals surface area contributed by atoms with Crippen LogP contribution in [-0.2, 0) is 4.74 Å². The molecule has 2 heterocycles. The zero-order valence-electron chi connectivity index (χ0n) is 14.8. The molecule has 0 spiro atoms. The predicted octanol–water partition coefficient (Wildman–Crippen LogP) is 3.53. The number of benzene rings is 1. The third-order valence-electron chi connectivity index (χ3n) is 4.74. The highest BCUT2D eigenvalue weighted by Crippen LogP contribution is 2.32. The Labute approximate surface area is 165 Å². The molecule has 1 amide bonds. The molecule has 1 fully saturated rings. The van der Waals surface area contributed by atoms with Crippen molar-refractivity contribution in [2.75, 3.05) is 31.6 Å². The number of hydrogen-bond donors (Lipinski definition) is 2. The molecule has 8 heteroatoms. The van der Waals surface area contributed by atoms with Crippen LogP contribution in [0.5, 0.6) is 0 Å². The van der Waals surface area contributed by atoms with Crippen molar-refractivity contribution >= 4 is 51.2 Å². The first-order valence-electron chi connectivity index (χ1n) is 8.61. The summed E-state index contributed by atoms with van der Waals surface area (Å²) in [7, 11) is 1.97. The van der Waals surface area contributed by atoms with Crippen LogP contribution in [0.1, 0.15) is 30.1 Å². The van der Waals surface area contributed by atoms with Crippen LogP contribution in [0.25, 0.3) is 10.9 Å². The van der Waals surface area contributed by atoms with Crippen molar-refractivity contribution in [3.05, 3.63) is 27.5 Å². The Hall–Kier alpha value is -1.97. The molecule has 7 nitrogen and oxygen atoms in total. The Morgan fingerprint density at radius 1 is 1.42 bits per heavy atom. The van der Waals surface area contributed by atoms with E-state index in [2.05, 4.69) is 39.4 Å². The molecule has 0 bridgehead atoms. The van der Waals surface area contributed by atoms with Crippen molar-refractivity contribution < 1.29 is 19.4 Å². The van der Waals surface area contributed by atoms with Crippen molar-refractivity contribution in [2.45, 2.75) is 25.8 Å². The molecule has 1 saturated heterocycles. The molecular weight excluding hydrogens is 449 g/mol. The van der Waals surface area contributed by atoms with E-state index in [0.29, 0.717) is 25.2 Å². The van der Waals surface area contributed by atoms with E-state index in [0.717, 1.165) is 27.6 Å². The van der Waals surface area contributed by atoms with Crippen LogP contribution in [0.4, 0.5) is 10.5 Å². The number of anilines is 1. The highest BCUT2D eigenvalue weighted by molar-refractivity contribution is 14.1. The fourth-order valence-corrected chi connectivity index (χ4v) is 3.68. The number of aromatic nitrogens is 1. The smallest absolute Gasteiger partial charge is 0.409 e. The number of nitrogens with one attached hydrogen (secondary N) is 1. The Bertz CT molecular complexity index is 829. The van der Waals surface area contributed by atoms with Gasteiger partial charge in [0.1, 0.15) is 0 Å². The van der Waals surface area contributed by atoms with E-state index in [-0.39, 0.29) is 17.7 Å². The lowest BCUT2D eigenvalue weighted by Gasteiger charge is -2.44. The van der Waals surface area contributed by atoms with Gasteiger partial charge in [0.15, 0.2) is 0 Å². The summed E-state index contributed by atoms with van der Waals surface area (Å²) in [6.45, 7) is 3.72. The lowest BCUT2D eigenvalue weighted by Crippen LogP contribution is -2.60. The standard InChI is InChI=1S/C18H22IN3O4/c1-3-4-7-26-18(25)22-9-11(10-22)21(2)14-6-5-12(17(23)24)16-13(14)8-15(19)20-16/h5-6,8,11,20H,3-4,7,9-10H2,1-2H3,(H,23,24). The van der Waals surface area contributed by atoms with E-state index >= 15 is 0 Å². The molecule has 0 unspecified atom stereocenters. The monoisotopic (exact) mass is 471 g/mol. The summed E-state index contributed by atoms with van der Waals surface area (Å²) in [5, 5.41) is 10.3. The molecule has 140 valence electrons. The van der Waals surface area contributed by atoms with Gasteiger partial charge in [-0.25, -0.2) is 9.59 Å². The van der Waals surface area contributed by atoms with Crippen molar-refractivity contribution in [3.8, 4) is 0 Å². The van der Waals surface area contributed by atoms with E-state index < -0.39 is 5.97 Å². The van der Waals surface area contributed by atoms with Gasteiger partial charge < -0.3 is 24.6 Å². The number of rotatable bonds is 6. The highest BCUT2D eigenvalue weighted by Gasteiger charge is 2.35. The van der Waals surface area contributed by atoms with Crippen molar-refractivity contribution in [1.29, 1.82) is 0 Å².